The van der Waals surface area contributed by atoms with Crippen LogP contribution in [0.2, 0.25) is 18.1 Å². The van der Waals surface area contributed by atoms with Gasteiger partial charge >= 0.3 is 0 Å². The molecule has 0 amide bonds. The minimum atomic E-state index is -1.77. The van der Waals surface area contributed by atoms with Gasteiger partial charge in [-0.2, -0.15) is 0 Å². The minimum Gasteiger partial charge on any atom is -0.414 e. The third-order valence-corrected chi connectivity index (χ3v) is 9.71. The second kappa shape index (κ2) is 7.81. The van der Waals surface area contributed by atoms with Gasteiger partial charge in [0, 0.05) is 12.8 Å². The molecular weight excluding hydrogens is 312 g/mol. The lowest BCUT2D eigenvalue weighted by atomic mass is 10.00. The van der Waals surface area contributed by atoms with Gasteiger partial charge in [0.1, 0.15) is 0 Å². The van der Waals surface area contributed by atoms with Crippen LogP contribution in [0, 0.1) is 0 Å². The van der Waals surface area contributed by atoms with Crippen molar-refractivity contribution in [2.24, 2.45) is 0 Å². The molecule has 0 saturated carbocycles. The number of hydrogen-bond acceptors (Lipinski definition) is 2. The summed E-state index contributed by atoms with van der Waals surface area (Å²) in [6.45, 7) is 15.4. The Morgan fingerprint density at radius 1 is 1.12 bits per heavy atom. The Morgan fingerprint density at radius 2 is 1.75 bits per heavy atom. The van der Waals surface area contributed by atoms with Crippen molar-refractivity contribution < 1.29 is 9.16 Å². The Kier molecular flexibility index (Phi) is 6.24. The Balaban J connectivity index is 2.06. The van der Waals surface area contributed by atoms with Crippen molar-refractivity contribution in [3.63, 3.8) is 0 Å². The van der Waals surface area contributed by atoms with E-state index in [9.17, 15) is 0 Å². The van der Waals surface area contributed by atoms with Gasteiger partial charge in [0.2, 0.25) is 0 Å². The topological polar surface area (TPSA) is 18.5 Å². The summed E-state index contributed by atoms with van der Waals surface area (Å²) in [5.74, 6) is 0. The Labute approximate surface area is 148 Å². The van der Waals surface area contributed by atoms with E-state index in [0.717, 1.165) is 12.8 Å². The Hall–Kier alpha value is -1.16. The molecule has 2 nitrogen and oxygen atoms in total. The zero-order valence-electron chi connectivity index (χ0n) is 15.8. The normalized spacial score (nSPS) is 25.8. The summed E-state index contributed by atoms with van der Waals surface area (Å²) >= 11 is 0. The Bertz CT molecular complexity index is 557. The van der Waals surface area contributed by atoms with Crippen LogP contribution in [0.1, 0.15) is 39.2 Å². The van der Waals surface area contributed by atoms with Crippen LogP contribution in [0.5, 0.6) is 0 Å². The van der Waals surface area contributed by atoms with E-state index in [4.69, 9.17) is 9.16 Å². The van der Waals surface area contributed by atoms with Crippen LogP contribution in [0.25, 0.3) is 6.08 Å². The summed E-state index contributed by atoms with van der Waals surface area (Å²) in [5, 5.41) is 0.227. The first-order valence-corrected chi connectivity index (χ1v) is 11.8. The van der Waals surface area contributed by atoms with Crippen LogP contribution in [-0.2, 0) is 9.16 Å². The van der Waals surface area contributed by atoms with Gasteiger partial charge < -0.3 is 9.16 Å². The van der Waals surface area contributed by atoms with Crippen LogP contribution in [-0.4, -0.2) is 26.6 Å². The minimum absolute atomic E-state index is 0.0685. The van der Waals surface area contributed by atoms with E-state index < -0.39 is 8.32 Å². The maximum Gasteiger partial charge on any atom is 0.192 e. The lowest BCUT2D eigenvalue weighted by Gasteiger charge is -2.42. The van der Waals surface area contributed by atoms with Gasteiger partial charge in [-0.15, -0.1) is 6.58 Å². The smallest absolute Gasteiger partial charge is 0.192 e. The standard InChI is InChI=1S/C21H32O2Si/c1-7-18-15-20(23-24(5,6)21(2,3)4)16-19(22-18)14-13-17-11-9-8-10-12-17/h7-14,18-20H,1,15-16H2,2-6H3/b14-13-/t18-,19+,20?/m0/s1. The van der Waals surface area contributed by atoms with Crippen molar-refractivity contribution in [1.82, 2.24) is 0 Å². The molecule has 1 saturated heterocycles. The van der Waals surface area contributed by atoms with Crippen LogP contribution in [0.15, 0.2) is 49.1 Å². The predicted molar refractivity (Wildman–Crippen MR) is 106 cm³/mol. The van der Waals surface area contributed by atoms with Crippen molar-refractivity contribution in [3.05, 3.63) is 54.6 Å². The van der Waals surface area contributed by atoms with Crippen molar-refractivity contribution in [3.8, 4) is 0 Å². The molecule has 0 radical (unpaired) electrons. The molecule has 1 heterocycles. The summed E-state index contributed by atoms with van der Waals surface area (Å²) < 4.78 is 12.8. The molecule has 1 aliphatic heterocycles. The maximum atomic E-state index is 6.63. The fourth-order valence-electron chi connectivity index (χ4n) is 2.70. The molecule has 0 aliphatic carbocycles. The van der Waals surface area contributed by atoms with Gasteiger partial charge in [0.25, 0.3) is 0 Å². The molecule has 1 fully saturated rings. The fraction of sp³-hybridized carbons (Fsp3) is 0.524. The van der Waals surface area contributed by atoms with Crippen LogP contribution >= 0.6 is 0 Å². The van der Waals surface area contributed by atoms with E-state index in [0.29, 0.717) is 0 Å². The highest BCUT2D eigenvalue weighted by atomic mass is 28.4. The zero-order valence-corrected chi connectivity index (χ0v) is 16.8. The number of benzene rings is 1. The molecule has 3 atom stereocenters. The van der Waals surface area contributed by atoms with E-state index in [1.165, 1.54) is 5.56 Å². The average molecular weight is 345 g/mol. The van der Waals surface area contributed by atoms with Gasteiger partial charge in [-0.05, 0) is 23.7 Å². The first-order valence-electron chi connectivity index (χ1n) is 8.90. The summed E-state index contributed by atoms with van der Waals surface area (Å²) in [7, 11) is -1.77. The van der Waals surface area contributed by atoms with E-state index in [1.807, 2.05) is 12.1 Å². The molecular formula is C21H32O2Si. The zero-order chi connectivity index (χ0) is 17.8. The van der Waals surface area contributed by atoms with E-state index in [-0.39, 0.29) is 23.4 Å². The average Bonchev–Trinajstić information content (AvgIpc) is 2.52. The van der Waals surface area contributed by atoms with Crippen LogP contribution in [0.3, 0.4) is 0 Å². The first kappa shape index (κ1) is 19.2. The van der Waals surface area contributed by atoms with E-state index in [1.54, 1.807) is 0 Å². The lowest BCUT2D eigenvalue weighted by molar-refractivity contribution is -0.0501. The molecule has 0 bridgehead atoms. The highest BCUT2D eigenvalue weighted by molar-refractivity contribution is 6.74. The van der Waals surface area contributed by atoms with Gasteiger partial charge in [-0.3, -0.25) is 0 Å². The molecule has 0 aromatic heterocycles. The Morgan fingerprint density at radius 3 is 2.33 bits per heavy atom. The lowest BCUT2D eigenvalue weighted by Crippen LogP contribution is -2.47. The molecule has 132 valence electrons. The molecule has 0 spiro atoms. The third-order valence-electron chi connectivity index (χ3n) is 5.17. The van der Waals surface area contributed by atoms with Gasteiger partial charge in [0.15, 0.2) is 8.32 Å². The number of hydrogen-bond donors (Lipinski definition) is 0. The molecule has 3 heteroatoms. The van der Waals surface area contributed by atoms with Gasteiger partial charge in [-0.1, -0.05) is 69.3 Å². The van der Waals surface area contributed by atoms with Crippen molar-refractivity contribution >= 4 is 14.4 Å². The van der Waals surface area contributed by atoms with Crippen molar-refractivity contribution in [2.45, 2.75) is 70.1 Å². The van der Waals surface area contributed by atoms with Crippen molar-refractivity contribution in [1.29, 1.82) is 0 Å². The highest BCUT2D eigenvalue weighted by Gasteiger charge is 2.40. The summed E-state index contributed by atoms with van der Waals surface area (Å²) in [6.07, 6.45) is 8.42. The molecule has 1 aromatic carbocycles. The molecule has 0 N–H and O–H groups in total. The third kappa shape index (κ3) is 5.17. The molecule has 24 heavy (non-hydrogen) atoms. The monoisotopic (exact) mass is 344 g/mol. The second-order valence-electron chi connectivity index (χ2n) is 8.19. The van der Waals surface area contributed by atoms with Gasteiger partial charge in [0.05, 0.1) is 18.3 Å². The summed E-state index contributed by atoms with van der Waals surface area (Å²) in [6, 6.07) is 10.3. The predicted octanol–water partition coefficient (Wildman–Crippen LogP) is 5.82. The maximum absolute atomic E-state index is 6.63. The van der Waals surface area contributed by atoms with E-state index >= 15 is 0 Å². The van der Waals surface area contributed by atoms with Gasteiger partial charge in [-0.25, -0.2) is 0 Å². The fourth-order valence-corrected chi connectivity index (χ4v) is 4.08. The first-order chi connectivity index (χ1) is 11.2. The summed E-state index contributed by atoms with van der Waals surface area (Å²) in [4.78, 5) is 0. The largest absolute Gasteiger partial charge is 0.414 e. The molecule has 1 unspecified atom stereocenters. The van der Waals surface area contributed by atoms with Crippen LogP contribution in [0.4, 0.5) is 0 Å². The van der Waals surface area contributed by atoms with Crippen LogP contribution < -0.4 is 0 Å². The SMILES string of the molecule is C=C[C@H]1CC(O[Si](C)(C)C(C)(C)C)C[C@@H](/C=C\c2ccccc2)O1. The molecule has 2 rings (SSSR count). The summed E-state index contributed by atoms with van der Waals surface area (Å²) in [5.41, 5.74) is 1.20. The molecule has 1 aromatic rings. The van der Waals surface area contributed by atoms with Crippen molar-refractivity contribution in [2.75, 3.05) is 0 Å². The second-order valence-corrected chi connectivity index (χ2v) is 12.9. The van der Waals surface area contributed by atoms with E-state index in [2.05, 4.69) is 76.9 Å². The number of ether oxygens (including phenoxy) is 1. The molecule has 1 aliphatic rings. The number of rotatable bonds is 5. The quantitative estimate of drug-likeness (QED) is 0.494. The highest BCUT2D eigenvalue weighted by Crippen LogP contribution is 2.39.